The van der Waals surface area contributed by atoms with E-state index >= 15 is 0 Å². The van der Waals surface area contributed by atoms with E-state index in [4.69, 9.17) is 9.47 Å². The van der Waals surface area contributed by atoms with Gasteiger partial charge in [0.05, 0.1) is 17.8 Å². The minimum Gasteiger partial charge on any atom is -0.494 e. The van der Waals surface area contributed by atoms with Crippen LogP contribution < -0.4 is 4.74 Å². The standard InChI is InChI=1S/C18H21FN2O3S/c19-15-3-5-17(6-4-15)23-9-7-14-2-1-8-21(10-14)18(22)24-11-16-12-25-13-20-16/h3-6,12-14H,1-2,7-11H2. The van der Waals surface area contributed by atoms with Crippen LogP contribution in [0.15, 0.2) is 35.2 Å². The Morgan fingerprint density at radius 3 is 2.96 bits per heavy atom. The summed E-state index contributed by atoms with van der Waals surface area (Å²) in [7, 11) is 0. The smallest absolute Gasteiger partial charge is 0.410 e. The second-order valence-electron chi connectivity index (χ2n) is 6.08. The molecule has 1 aliphatic rings. The molecule has 5 nitrogen and oxygen atoms in total. The summed E-state index contributed by atoms with van der Waals surface area (Å²) >= 11 is 1.48. The van der Waals surface area contributed by atoms with E-state index in [9.17, 15) is 9.18 Å². The van der Waals surface area contributed by atoms with Crippen molar-refractivity contribution < 1.29 is 18.7 Å². The van der Waals surface area contributed by atoms with Crippen LogP contribution in [0.2, 0.25) is 0 Å². The fraction of sp³-hybridized carbons (Fsp3) is 0.444. The van der Waals surface area contributed by atoms with E-state index in [1.54, 1.807) is 22.5 Å². The van der Waals surface area contributed by atoms with Gasteiger partial charge < -0.3 is 14.4 Å². The van der Waals surface area contributed by atoms with Crippen molar-refractivity contribution >= 4 is 17.4 Å². The third kappa shape index (κ3) is 5.42. The zero-order valence-corrected chi connectivity index (χ0v) is 14.7. The Balaban J connectivity index is 1.39. The molecule has 1 atom stereocenters. The number of thiazole rings is 1. The third-order valence-corrected chi connectivity index (χ3v) is 4.85. The van der Waals surface area contributed by atoms with Gasteiger partial charge in [-0.05, 0) is 49.4 Å². The van der Waals surface area contributed by atoms with Gasteiger partial charge in [0.15, 0.2) is 0 Å². The quantitative estimate of drug-likeness (QED) is 0.774. The zero-order chi connectivity index (χ0) is 17.5. The SMILES string of the molecule is O=C(OCc1cscn1)N1CCCC(CCOc2ccc(F)cc2)C1. The van der Waals surface area contributed by atoms with E-state index in [0.29, 0.717) is 24.8 Å². The van der Waals surface area contributed by atoms with Gasteiger partial charge >= 0.3 is 6.09 Å². The van der Waals surface area contributed by atoms with Gasteiger partial charge in [0.25, 0.3) is 0 Å². The number of nitrogens with zero attached hydrogens (tertiary/aromatic N) is 2. The first kappa shape index (κ1) is 17.7. The highest BCUT2D eigenvalue weighted by Crippen LogP contribution is 2.21. The van der Waals surface area contributed by atoms with Crippen LogP contribution in [0.4, 0.5) is 9.18 Å². The van der Waals surface area contributed by atoms with Gasteiger partial charge in [-0.3, -0.25) is 0 Å². The number of carbonyl (C=O) groups excluding carboxylic acids is 1. The molecule has 1 aromatic carbocycles. The van der Waals surface area contributed by atoms with Crippen molar-refractivity contribution in [3.05, 3.63) is 46.7 Å². The third-order valence-electron chi connectivity index (χ3n) is 4.21. The lowest BCUT2D eigenvalue weighted by Gasteiger charge is -2.32. The number of hydrogen-bond donors (Lipinski definition) is 0. The highest BCUT2D eigenvalue weighted by Gasteiger charge is 2.24. The molecule has 7 heteroatoms. The van der Waals surface area contributed by atoms with Crippen LogP contribution in [0.3, 0.4) is 0 Å². The second-order valence-corrected chi connectivity index (χ2v) is 6.80. The van der Waals surface area contributed by atoms with Crippen molar-refractivity contribution in [3.63, 3.8) is 0 Å². The number of rotatable bonds is 6. The molecule has 0 spiro atoms. The van der Waals surface area contributed by atoms with Gasteiger partial charge in [0.1, 0.15) is 18.2 Å². The van der Waals surface area contributed by atoms with E-state index in [0.717, 1.165) is 31.5 Å². The van der Waals surface area contributed by atoms with Gasteiger partial charge in [-0.1, -0.05) is 0 Å². The molecule has 1 aliphatic heterocycles. The number of benzene rings is 1. The Hall–Kier alpha value is -2.15. The molecule has 25 heavy (non-hydrogen) atoms. The Morgan fingerprint density at radius 2 is 2.20 bits per heavy atom. The number of hydrogen-bond acceptors (Lipinski definition) is 5. The van der Waals surface area contributed by atoms with Crippen LogP contribution in [0.1, 0.15) is 25.0 Å². The molecule has 3 rings (SSSR count). The van der Waals surface area contributed by atoms with E-state index in [1.165, 1.54) is 23.5 Å². The van der Waals surface area contributed by atoms with Crippen LogP contribution in [0.25, 0.3) is 0 Å². The number of aromatic nitrogens is 1. The maximum atomic E-state index is 12.9. The number of amides is 1. The molecule has 134 valence electrons. The summed E-state index contributed by atoms with van der Waals surface area (Å²) in [6, 6.07) is 6.02. The van der Waals surface area contributed by atoms with Crippen molar-refractivity contribution in [2.24, 2.45) is 5.92 Å². The summed E-state index contributed by atoms with van der Waals surface area (Å²) < 4.78 is 23.8. The predicted octanol–water partition coefficient (Wildman–Crippen LogP) is 4.10. The van der Waals surface area contributed by atoms with Gasteiger partial charge in [-0.25, -0.2) is 14.2 Å². The van der Waals surface area contributed by atoms with Crippen molar-refractivity contribution in [2.75, 3.05) is 19.7 Å². The molecule has 0 radical (unpaired) electrons. The molecule has 0 saturated carbocycles. The van der Waals surface area contributed by atoms with Crippen molar-refractivity contribution in [1.29, 1.82) is 0 Å². The van der Waals surface area contributed by atoms with Gasteiger partial charge in [-0.15, -0.1) is 11.3 Å². The molecule has 2 aromatic rings. The van der Waals surface area contributed by atoms with Crippen LogP contribution in [-0.4, -0.2) is 35.7 Å². The summed E-state index contributed by atoms with van der Waals surface area (Å²) in [6.07, 6.45) is 2.61. The van der Waals surface area contributed by atoms with E-state index in [1.807, 2.05) is 5.38 Å². The molecule has 0 aliphatic carbocycles. The first-order chi connectivity index (χ1) is 12.2. The fourth-order valence-corrected chi connectivity index (χ4v) is 3.42. The number of carbonyl (C=O) groups is 1. The Morgan fingerprint density at radius 1 is 1.36 bits per heavy atom. The van der Waals surface area contributed by atoms with Gasteiger partial charge in [0, 0.05) is 18.5 Å². The van der Waals surface area contributed by atoms with Crippen molar-refractivity contribution in [2.45, 2.75) is 25.9 Å². The van der Waals surface area contributed by atoms with E-state index < -0.39 is 0 Å². The molecule has 1 unspecified atom stereocenters. The molecule has 1 amide bonds. The molecule has 1 saturated heterocycles. The van der Waals surface area contributed by atoms with Gasteiger partial charge in [0.2, 0.25) is 0 Å². The largest absolute Gasteiger partial charge is 0.494 e. The minimum atomic E-state index is -0.280. The summed E-state index contributed by atoms with van der Waals surface area (Å²) in [5.74, 6) is 0.782. The van der Waals surface area contributed by atoms with E-state index in [-0.39, 0.29) is 18.5 Å². The molecular formula is C18H21FN2O3S. The number of piperidine rings is 1. The Bertz CT molecular complexity index is 663. The van der Waals surface area contributed by atoms with E-state index in [2.05, 4.69) is 4.98 Å². The lowest BCUT2D eigenvalue weighted by Crippen LogP contribution is -2.40. The summed E-state index contributed by atoms with van der Waals surface area (Å²) in [5, 5.41) is 1.87. The summed E-state index contributed by atoms with van der Waals surface area (Å²) in [5.41, 5.74) is 2.50. The van der Waals surface area contributed by atoms with Crippen LogP contribution in [-0.2, 0) is 11.3 Å². The zero-order valence-electron chi connectivity index (χ0n) is 13.9. The lowest BCUT2D eigenvalue weighted by molar-refractivity contribution is 0.0750. The van der Waals surface area contributed by atoms with Crippen molar-refractivity contribution in [3.8, 4) is 5.75 Å². The number of ether oxygens (including phenoxy) is 2. The van der Waals surface area contributed by atoms with Crippen LogP contribution >= 0.6 is 11.3 Å². The van der Waals surface area contributed by atoms with Crippen molar-refractivity contribution in [1.82, 2.24) is 9.88 Å². The monoisotopic (exact) mass is 364 g/mol. The molecule has 2 heterocycles. The Labute approximate surface area is 150 Å². The molecule has 1 fully saturated rings. The Kier molecular flexibility index (Phi) is 6.22. The molecule has 0 bridgehead atoms. The van der Waals surface area contributed by atoms with Crippen LogP contribution in [0.5, 0.6) is 5.75 Å². The highest BCUT2D eigenvalue weighted by atomic mass is 32.1. The fourth-order valence-electron chi connectivity index (χ4n) is 2.88. The average Bonchev–Trinajstić information content (AvgIpc) is 3.15. The first-order valence-electron chi connectivity index (χ1n) is 8.38. The lowest BCUT2D eigenvalue weighted by atomic mass is 9.95. The average molecular weight is 364 g/mol. The van der Waals surface area contributed by atoms with Crippen LogP contribution in [0, 0.1) is 11.7 Å². The number of halogens is 1. The maximum Gasteiger partial charge on any atom is 0.410 e. The summed E-state index contributed by atoms with van der Waals surface area (Å²) in [4.78, 5) is 18.0. The predicted molar refractivity (Wildman–Crippen MR) is 93.1 cm³/mol. The normalized spacial score (nSPS) is 17.3. The maximum absolute atomic E-state index is 12.9. The molecular weight excluding hydrogens is 343 g/mol. The van der Waals surface area contributed by atoms with Gasteiger partial charge in [-0.2, -0.15) is 0 Å². The second kappa shape index (κ2) is 8.80. The molecule has 1 aromatic heterocycles. The summed E-state index contributed by atoms with van der Waals surface area (Å²) in [6.45, 7) is 2.18. The highest BCUT2D eigenvalue weighted by molar-refractivity contribution is 7.07. The molecule has 0 N–H and O–H groups in total. The number of likely N-dealkylation sites (tertiary alicyclic amines) is 1. The topological polar surface area (TPSA) is 51.7 Å². The first-order valence-corrected chi connectivity index (χ1v) is 9.32. The minimum absolute atomic E-state index is 0.219.